The van der Waals surface area contributed by atoms with Crippen LogP contribution in [0.5, 0.6) is 0 Å². The van der Waals surface area contributed by atoms with E-state index in [0.29, 0.717) is 11.1 Å². The van der Waals surface area contributed by atoms with Gasteiger partial charge in [-0.25, -0.2) is 8.42 Å². The maximum Gasteiger partial charge on any atom is 0.262 e. The van der Waals surface area contributed by atoms with Crippen LogP contribution in [0.15, 0.2) is 70.0 Å². The lowest BCUT2D eigenvalue weighted by atomic mass is 10.1. The van der Waals surface area contributed by atoms with E-state index in [1.54, 1.807) is 24.3 Å². The Bertz CT molecular complexity index is 947. The molecule has 0 heterocycles. The van der Waals surface area contributed by atoms with Gasteiger partial charge in [-0.15, -0.1) is 0 Å². The molecule has 0 atom stereocenters. The highest BCUT2D eigenvalue weighted by atomic mass is 79.9. The van der Waals surface area contributed by atoms with Crippen molar-refractivity contribution in [1.82, 2.24) is 0 Å². The third kappa shape index (κ3) is 2.87. The van der Waals surface area contributed by atoms with Gasteiger partial charge in [-0.05, 0) is 36.1 Å². The average molecular weight is 376 g/mol. The normalized spacial score (nSPS) is 11.5. The van der Waals surface area contributed by atoms with Crippen LogP contribution >= 0.6 is 15.9 Å². The Hall–Kier alpha value is -1.85. The molecule has 0 aromatic heterocycles. The van der Waals surface area contributed by atoms with Crippen molar-refractivity contribution in [2.75, 3.05) is 4.72 Å². The zero-order chi connectivity index (χ0) is 15.7. The van der Waals surface area contributed by atoms with E-state index in [1.165, 1.54) is 0 Å². The monoisotopic (exact) mass is 375 g/mol. The molecule has 112 valence electrons. The Kier molecular flexibility index (Phi) is 3.93. The number of benzene rings is 3. The number of hydrogen-bond acceptors (Lipinski definition) is 2. The van der Waals surface area contributed by atoms with Crippen LogP contribution in [0.4, 0.5) is 5.69 Å². The van der Waals surface area contributed by atoms with Crippen molar-refractivity contribution in [3.63, 3.8) is 0 Å². The second kappa shape index (κ2) is 5.74. The van der Waals surface area contributed by atoms with E-state index in [2.05, 4.69) is 20.7 Å². The van der Waals surface area contributed by atoms with E-state index in [9.17, 15) is 8.42 Å². The van der Waals surface area contributed by atoms with E-state index in [-0.39, 0.29) is 4.90 Å². The molecule has 0 aliphatic heterocycles. The molecule has 0 aliphatic rings. The lowest BCUT2D eigenvalue weighted by Gasteiger charge is -2.11. The first kappa shape index (κ1) is 15.1. The summed E-state index contributed by atoms with van der Waals surface area (Å²) in [6.45, 7) is 1.95. The Morgan fingerprint density at radius 3 is 2.45 bits per heavy atom. The minimum Gasteiger partial charge on any atom is -0.280 e. The SMILES string of the molecule is Cc1ccc(NS(=O)(=O)c2cccc3ccccc23)cc1Br. The van der Waals surface area contributed by atoms with Crippen LogP contribution in [-0.4, -0.2) is 8.42 Å². The van der Waals surface area contributed by atoms with Crippen molar-refractivity contribution in [3.05, 3.63) is 70.7 Å². The van der Waals surface area contributed by atoms with Crippen molar-refractivity contribution in [2.45, 2.75) is 11.8 Å². The smallest absolute Gasteiger partial charge is 0.262 e. The second-order valence-electron chi connectivity index (χ2n) is 5.05. The number of aryl methyl sites for hydroxylation is 1. The number of anilines is 1. The van der Waals surface area contributed by atoms with Crippen molar-refractivity contribution in [1.29, 1.82) is 0 Å². The molecule has 1 N–H and O–H groups in total. The van der Waals surface area contributed by atoms with Gasteiger partial charge in [-0.1, -0.05) is 58.4 Å². The minimum atomic E-state index is -3.64. The van der Waals surface area contributed by atoms with Crippen LogP contribution < -0.4 is 4.72 Å². The fourth-order valence-corrected chi connectivity index (χ4v) is 3.96. The third-order valence-corrected chi connectivity index (χ3v) is 5.76. The number of fused-ring (bicyclic) bond motifs is 1. The second-order valence-corrected chi connectivity index (χ2v) is 7.55. The highest BCUT2D eigenvalue weighted by molar-refractivity contribution is 9.10. The number of halogens is 1. The van der Waals surface area contributed by atoms with E-state index >= 15 is 0 Å². The number of sulfonamides is 1. The molecule has 3 aromatic rings. The van der Waals surface area contributed by atoms with Gasteiger partial charge in [0.2, 0.25) is 0 Å². The van der Waals surface area contributed by atoms with Gasteiger partial charge in [-0.2, -0.15) is 0 Å². The maximum absolute atomic E-state index is 12.7. The summed E-state index contributed by atoms with van der Waals surface area (Å²) in [6, 6.07) is 18.1. The largest absolute Gasteiger partial charge is 0.280 e. The molecule has 22 heavy (non-hydrogen) atoms. The van der Waals surface area contributed by atoms with Crippen LogP contribution in [0.25, 0.3) is 10.8 Å². The zero-order valence-electron chi connectivity index (χ0n) is 11.9. The highest BCUT2D eigenvalue weighted by Gasteiger charge is 2.17. The van der Waals surface area contributed by atoms with Gasteiger partial charge in [-0.3, -0.25) is 4.72 Å². The summed E-state index contributed by atoms with van der Waals surface area (Å²) in [6.07, 6.45) is 0. The van der Waals surface area contributed by atoms with Crippen LogP contribution in [0.2, 0.25) is 0 Å². The van der Waals surface area contributed by atoms with Crippen molar-refractivity contribution < 1.29 is 8.42 Å². The van der Waals surface area contributed by atoms with Crippen LogP contribution in [0, 0.1) is 6.92 Å². The summed E-state index contributed by atoms with van der Waals surface area (Å²) < 4.78 is 28.9. The summed E-state index contributed by atoms with van der Waals surface area (Å²) in [5.41, 5.74) is 1.58. The van der Waals surface area contributed by atoms with Crippen molar-refractivity contribution in [3.8, 4) is 0 Å². The molecule has 0 saturated carbocycles. The molecule has 3 aromatic carbocycles. The minimum absolute atomic E-state index is 0.280. The molecule has 3 nitrogen and oxygen atoms in total. The van der Waals surface area contributed by atoms with E-state index in [4.69, 9.17) is 0 Å². The summed E-state index contributed by atoms with van der Waals surface area (Å²) in [4.78, 5) is 0.280. The molecule has 3 rings (SSSR count). The van der Waals surface area contributed by atoms with Crippen molar-refractivity contribution in [2.24, 2.45) is 0 Å². The molecule has 5 heteroatoms. The first-order chi connectivity index (χ1) is 10.5. The molecule has 0 fully saturated rings. The number of hydrogen-bond donors (Lipinski definition) is 1. The summed E-state index contributed by atoms with van der Waals surface area (Å²) >= 11 is 3.41. The summed E-state index contributed by atoms with van der Waals surface area (Å²) in [7, 11) is -3.64. The Balaban J connectivity index is 2.07. The summed E-state index contributed by atoms with van der Waals surface area (Å²) in [5.74, 6) is 0. The quantitative estimate of drug-likeness (QED) is 0.720. The molecule has 0 bridgehead atoms. The molecule has 0 saturated heterocycles. The van der Waals surface area contributed by atoms with Crippen LogP contribution in [0.1, 0.15) is 5.56 Å². The van der Waals surface area contributed by atoms with Crippen LogP contribution in [0.3, 0.4) is 0 Å². The average Bonchev–Trinajstić information content (AvgIpc) is 2.50. The van der Waals surface area contributed by atoms with Gasteiger partial charge in [0.1, 0.15) is 0 Å². The molecule has 0 spiro atoms. The fourth-order valence-electron chi connectivity index (χ4n) is 2.30. The third-order valence-electron chi connectivity index (χ3n) is 3.46. The number of nitrogens with one attached hydrogen (secondary N) is 1. The van der Waals surface area contributed by atoms with Gasteiger partial charge in [0.05, 0.1) is 4.90 Å². The Morgan fingerprint density at radius 2 is 1.68 bits per heavy atom. The maximum atomic E-state index is 12.7. The highest BCUT2D eigenvalue weighted by Crippen LogP contribution is 2.26. The molecular weight excluding hydrogens is 362 g/mol. The lowest BCUT2D eigenvalue weighted by Crippen LogP contribution is -2.13. The standard InChI is InChI=1S/C17H14BrNO2S/c1-12-9-10-14(11-16(12)18)19-22(20,21)17-8-4-6-13-5-2-3-7-15(13)17/h2-11,19H,1H3. The predicted molar refractivity (Wildman–Crippen MR) is 93.6 cm³/mol. The first-order valence-corrected chi connectivity index (χ1v) is 9.02. The summed E-state index contributed by atoms with van der Waals surface area (Å²) in [5, 5.41) is 1.61. The van der Waals surface area contributed by atoms with E-state index in [0.717, 1.165) is 15.4 Å². The molecule has 0 amide bonds. The van der Waals surface area contributed by atoms with Gasteiger partial charge >= 0.3 is 0 Å². The lowest BCUT2D eigenvalue weighted by molar-refractivity contribution is 0.602. The Morgan fingerprint density at radius 1 is 0.955 bits per heavy atom. The van der Waals surface area contributed by atoms with E-state index < -0.39 is 10.0 Å². The predicted octanol–water partition coefficient (Wildman–Crippen LogP) is 4.71. The molecule has 0 radical (unpaired) electrons. The van der Waals surface area contributed by atoms with Gasteiger partial charge in [0, 0.05) is 15.5 Å². The van der Waals surface area contributed by atoms with Gasteiger partial charge in [0.25, 0.3) is 10.0 Å². The molecular formula is C17H14BrNO2S. The first-order valence-electron chi connectivity index (χ1n) is 6.74. The van der Waals surface area contributed by atoms with Gasteiger partial charge in [0.15, 0.2) is 0 Å². The fraction of sp³-hybridized carbons (Fsp3) is 0.0588. The molecule has 0 unspecified atom stereocenters. The Labute approximate surface area is 138 Å². The molecule has 0 aliphatic carbocycles. The van der Waals surface area contributed by atoms with E-state index in [1.807, 2.05) is 43.3 Å². The van der Waals surface area contributed by atoms with Gasteiger partial charge < -0.3 is 0 Å². The topological polar surface area (TPSA) is 46.2 Å². The zero-order valence-corrected chi connectivity index (χ0v) is 14.3. The number of rotatable bonds is 3. The van der Waals surface area contributed by atoms with Crippen molar-refractivity contribution >= 4 is 42.4 Å². The van der Waals surface area contributed by atoms with Crippen LogP contribution in [-0.2, 0) is 10.0 Å².